The molecule has 2 unspecified atom stereocenters. The van der Waals surface area contributed by atoms with E-state index in [0.717, 1.165) is 24.5 Å². The van der Waals surface area contributed by atoms with E-state index in [0.29, 0.717) is 0 Å². The van der Waals surface area contributed by atoms with Gasteiger partial charge >= 0.3 is 0 Å². The lowest BCUT2D eigenvalue weighted by Crippen LogP contribution is -2.32. The molecule has 0 bridgehead atoms. The van der Waals surface area contributed by atoms with Gasteiger partial charge in [-0.15, -0.1) is 0 Å². The Kier molecular flexibility index (Phi) is 7.06. The minimum atomic E-state index is 0.796. The van der Waals surface area contributed by atoms with Crippen LogP contribution in [-0.2, 0) is 4.74 Å². The standard InChI is InChI=1S/C14H29NO/c1-4-10-15-14(13-6-7-13)8-5-12(2)9-11-16-3/h12-15H,4-11H2,1-3H3. The fourth-order valence-electron chi connectivity index (χ4n) is 2.26. The second kappa shape index (κ2) is 8.08. The summed E-state index contributed by atoms with van der Waals surface area (Å²) < 4.78 is 5.13. The van der Waals surface area contributed by atoms with Gasteiger partial charge in [0, 0.05) is 19.8 Å². The Morgan fingerprint density at radius 2 is 2.00 bits per heavy atom. The van der Waals surface area contributed by atoms with Crippen molar-refractivity contribution < 1.29 is 4.74 Å². The van der Waals surface area contributed by atoms with E-state index < -0.39 is 0 Å². The molecule has 0 radical (unpaired) electrons. The van der Waals surface area contributed by atoms with E-state index in [4.69, 9.17) is 4.74 Å². The smallest absolute Gasteiger partial charge is 0.0464 e. The highest BCUT2D eigenvalue weighted by molar-refractivity contribution is 4.86. The third-order valence-corrected chi connectivity index (χ3v) is 3.63. The molecule has 0 aliphatic heterocycles. The molecule has 2 heteroatoms. The van der Waals surface area contributed by atoms with E-state index in [2.05, 4.69) is 19.2 Å². The molecule has 0 heterocycles. The highest BCUT2D eigenvalue weighted by atomic mass is 16.5. The minimum Gasteiger partial charge on any atom is -0.385 e. The molecule has 2 nitrogen and oxygen atoms in total. The van der Waals surface area contributed by atoms with E-state index in [-0.39, 0.29) is 0 Å². The van der Waals surface area contributed by atoms with Gasteiger partial charge in [-0.05, 0) is 56.9 Å². The number of hydrogen-bond acceptors (Lipinski definition) is 2. The molecule has 0 saturated heterocycles. The monoisotopic (exact) mass is 227 g/mol. The SMILES string of the molecule is CCCNC(CCC(C)CCOC)C1CC1. The summed E-state index contributed by atoms with van der Waals surface area (Å²) in [5.74, 6) is 1.80. The molecule has 1 saturated carbocycles. The first kappa shape index (κ1) is 14.0. The molecule has 0 aromatic heterocycles. The zero-order chi connectivity index (χ0) is 11.8. The van der Waals surface area contributed by atoms with Crippen LogP contribution in [0.2, 0.25) is 0 Å². The molecule has 1 fully saturated rings. The average molecular weight is 227 g/mol. The van der Waals surface area contributed by atoms with Crippen molar-refractivity contribution in [2.75, 3.05) is 20.3 Å². The maximum atomic E-state index is 5.13. The van der Waals surface area contributed by atoms with Crippen LogP contribution in [0.5, 0.6) is 0 Å². The molecule has 1 aliphatic carbocycles. The van der Waals surface area contributed by atoms with Gasteiger partial charge in [0.1, 0.15) is 0 Å². The Morgan fingerprint density at radius 3 is 2.56 bits per heavy atom. The Hall–Kier alpha value is -0.0800. The lowest BCUT2D eigenvalue weighted by Gasteiger charge is -2.20. The summed E-state index contributed by atoms with van der Waals surface area (Å²) in [5, 5.41) is 3.71. The van der Waals surface area contributed by atoms with Gasteiger partial charge in [-0.3, -0.25) is 0 Å². The number of nitrogens with one attached hydrogen (secondary N) is 1. The zero-order valence-electron chi connectivity index (χ0n) is 11.3. The van der Waals surface area contributed by atoms with Crippen molar-refractivity contribution in [3.63, 3.8) is 0 Å². The van der Waals surface area contributed by atoms with Crippen molar-refractivity contribution in [2.45, 2.75) is 58.4 Å². The van der Waals surface area contributed by atoms with Gasteiger partial charge in [0.2, 0.25) is 0 Å². The second-order valence-electron chi connectivity index (χ2n) is 5.36. The summed E-state index contributed by atoms with van der Waals surface area (Å²) in [6, 6.07) is 0.796. The van der Waals surface area contributed by atoms with E-state index in [1.165, 1.54) is 45.1 Å². The average Bonchev–Trinajstić information content (AvgIpc) is 3.10. The topological polar surface area (TPSA) is 21.3 Å². The van der Waals surface area contributed by atoms with Crippen LogP contribution in [-0.4, -0.2) is 26.3 Å². The Bertz CT molecular complexity index is 168. The van der Waals surface area contributed by atoms with E-state index in [9.17, 15) is 0 Å². The van der Waals surface area contributed by atoms with Crippen LogP contribution in [0.1, 0.15) is 52.4 Å². The van der Waals surface area contributed by atoms with E-state index >= 15 is 0 Å². The number of hydrogen-bond donors (Lipinski definition) is 1. The molecule has 96 valence electrons. The van der Waals surface area contributed by atoms with Gasteiger partial charge in [-0.1, -0.05) is 13.8 Å². The maximum Gasteiger partial charge on any atom is 0.0464 e. The van der Waals surface area contributed by atoms with Crippen LogP contribution >= 0.6 is 0 Å². The lowest BCUT2D eigenvalue weighted by molar-refractivity contribution is 0.176. The highest BCUT2D eigenvalue weighted by Gasteiger charge is 2.30. The van der Waals surface area contributed by atoms with Crippen LogP contribution in [0.15, 0.2) is 0 Å². The summed E-state index contributed by atoms with van der Waals surface area (Å²) in [6.07, 6.45) is 8.07. The second-order valence-corrected chi connectivity index (χ2v) is 5.36. The molecular formula is C14H29NO. The van der Waals surface area contributed by atoms with Crippen LogP contribution < -0.4 is 5.32 Å². The van der Waals surface area contributed by atoms with Gasteiger partial charge in [0.25, 0.3) is 0 Å². The number of ether oxygens (including phenoxy) is 1. The molecule has 1 rings (SSSR count). The summed E-state index contributed by atoms with van der Waals surface area (Å²) in [4.78, 5) is 0. The minimum absolute atomic E-state index is 0.796. The molecule has 16 heavy (non-hydrogen) atoms. The molecule has 1 N–H and O–H groups in total. The van der Waals surface area contributed by atoms with E-state index in [1.54, 1.807) is 7.11 Å². The van der Waals surface area contributed by atoms with Crippen molar-refractivity contribution in [1.82, 2.24) is 5.32 Å². The summed E-state index contributed by atoms with van der Waals surface area (Å²) in [5.41, 5.74) is 0. The Morgan fingerprint density at radius 1 is 1.25 bits per heavy atom. The van der Waals surface area contributed by atoms with E-state index in [1.807, 2.05) is 0 Å². The summed E-state index contributed by atoms with van der Waals surface area (Å²) in [7, 11) is 1.79. The molecule has 2 atom stereocenters. The molecule has 0 spiro atoms. The Balaban J connectivity index is 2.11. The van der Waals surface area contributed by atoms with Crippen molar-refractivity contribution in [3.8, 4) is 0 Å². The van der Waals surface area contributed by atoms with Crippen molar-refractivity contribution >= 4 is 0 Å². The van der Waals surface area contributed by atoms with Crippen molar-refractivity contribution in [1.29, 1.82) is 0 Å². The van der Waals surface area contributed by atoms with Crippen LogP contribution in [0.25, 0.3) is 0 Å². The summed E-state index contributed by atoms with van der Waals surface area (Å²) >= 11 is 0. The molecule has 1 aliphatic rings. The van der Waals surface area contributed by atoms with Gasteiger partial charge in [0.05, 0.1) is 0 Å². The molecule has 0 aromatic rings. The first-order chi connectivity index (χ1) is 7.77. The first-order valence-electron chi connectivity index (χ1n) is 7.00. The van der Waals surface area contributed by atoms with Crippen LogP contribution in [0.4, 0.5) is 0 Å². The highest BCUT2D eigenvalue weighted by Crippen LogP contribution is 2.35. The third-order valence-electron chi connectivity index (χ3n) is 3.63. The van der Waals surface area contributed by atoms with Crippen LogP contribution in [0, 0.1) is 11.8 Å². The molecule has 0 aromatic carbocycles. The van der Waals surface area contributed by atoms with Gasteiger partial charge in [-0.2, -0.15) is 0 Å². The fraction of sp³-hybridized carbons (Fsp3) is 1.00. The third kappa shape index (κ3) is 5.86. The van der Waals surface area contributed by atoms with Gasteiger partial charge in [0.15, 0.2) is 0 Å². The predicted molar refractivity (Wildman–Crippen MR) is 69.7 cm³/mol. The number of methoxy groups -OCH3 is 1. The summed E-state index contributed by atoms with van der Waals surface area (Å²) in [6.45, 7) is 6.70. The fourth-order valence-corrected chi connectivity index (χ4v) is 2.26. The quantitative estimate of drug-likeness (QED) is 0.619. The maximum absolute atomic E-state index is 5.13. The van der Waals surface area contributed by atoms with Crippen molar-refractivity contribution in [3.05, 3.63) is 0 Å². The lowest BCUT2D eigenvalue weighted by atomic mass is 9.97. The molecule has 0 amide bonds. The normalized spacial score (nSPS) is 19.7. The van der Waals surface area contributed by atoms with Gasteiger partial charge < -0.3 is 10.1 Å². The largest absolute Gasteiger partial charge is 0.385 e. The van der Waals surface area contributed by atoms with Crippen LogP contribution in [0.3, 0.4) is 0 Å². The molecular weight excluding hydrogens is 198 g/mol. The number of rotatable bonds is 10. The first-order valence-corrected chi connectivity index (χ1v) is 7.00. The predicted octanol–water partition coefficient (Wildman–Crippen LogP) is 3.22. The van der Waals surface area contributed by atoms with Crippen molar-refractivity contribution in [2.24, 2.45) is 11.8 Å². The Labute approximate surface area is 101 Å². The zero-order valence-corrected chi connectivity index (χ0v) is 11.3. The van der Waals surface area contributed by atoms with Gasteiger partial charge in [-0.25, -0.2) is 0 Å².